The standard InChI is InChI=1S/C13H9.C5H5.2CH3.Ti/c1-3-7-12-10(5-1)9-11-6-2-4-8-13(11)12;1-2-4-5-3-1;;;/h1-9H;1-3H,4H2;2*1H3;/q4*-1;+4. The van der Waals surface area contributed by atoms with E-state index in [0.717, 1.165) is 6.42 Å². The predicted molar refractivity (Wildman–Crippen MR) is 91.4 cm³/mol. The monoisotopic (exact) mass is 308 g/mol. The zero-order valence-corrected chi connectivity index (χ0v) is 14.2. The van der Waals surface area contributed by atoms with Gasteiger partial charge in [-0.15, -0.1) is 46.2 Å². The first-order valence-corrected chi connectivity index (χ1v) is 6.20. The fraction of sp³-hybridized carbons (Fsp3) is 0.0500. The Hall–Kier alpha value is -1.50. The number of hydrogen-bond donors (Lipinski definition) is 0. The number of allylic oxidation sites excluding steroid dienone is 4. The van der Waals surface area contributed by atoms with E-state index in [4.69, 9.17) is 0 Å². The van der Waals surface area contributed by atoms with Crippen molar-refractivity contribution in [1.82, 2.24) is 0 Å². The van der Waals surface area contributed by atoms with Crippen molar-refractivity contribution in [2.45, 2.75) is 6.42 Å². The molecule has 0 saturated carbocycles. The van der Waals surface area contributed by atoms with Crippen molar-refractivity contribution in [1.29, 1.82) is 0 Å². The molecule has 0 unspecified atom stereocenters. The summed E-state index contributed by atoms with van der Waals surface area (Å²) in [7, 11) is 0. The van der Waals surface area contributed by atoms with Crippen LogP contribution in [-0.4, -0.2) is 0 Å². The molecule has 0 bridgehead atoms. The molecule has 0 atom stereocenters. The third kappa shape index (κ3) is 4.49. The zero-order chi connectivity index (χ0) is 12.2. The molecular formula is C20H20Ti. The van der Waals surface area contributed by atoms with Crippen LogP contribution >= 0.6 is 0 Å². The molecule has 3 aromatic rings. The molecule has 0 aromatic heterocycles. The van der Waals surface area contributed by atoms with Gasteiger partial charge in [0.1, 0.15) is 0 Å². The van der Waals surface area contributed by atoms with Gasteiger partial charge in [-0.3, -0.25) is 6.08 Å². The van der Waals surface area contributed by atoms with E-state index in [1.807, 2.05) is 12.2 Å². The van der Waals surface area contributed by atoms with Crippen LogP contribution in [0.15, 0.2) is 72.8 Å². The Morgan fingerprint density at radius 1 is 0.810 bits per heavy atom. The second kappa shape index (κ2) is 9.44. The van der Waals surface area contributed by atoms with Crippen molar-refractivity contribution in [3.8, 4) is 0 Å². The Morgan fingerprint density at radius 2 is 1.33 bits per heavy atom. The molecule has 4 rings (SSSR count). The third-order valence-electron chi connectivity index (χ3n) is 3.11. The molecular weight excluding hydrogens is 288 g/mol. The van der Waals surface area contributed by atoms with Crippen molar-refractivity contribution >= 4 is 21.5 Å². The maximum Gasteiger partial charge on any atom is 4.00 e. The van der Waals surface area contributed by atoms with Crippen LogP contribution in [0.1, 0.15) is 6.42 Å². The minimum atomic E-state index is 0. The Bertz CT molecular complexity index is 656. The summed E-state index contributed by atoms with van der Waals surface area (Å²) in [5.74, 6) is 0. The van der Waals surface area contributed by atoms with Gasteiger partial charge in [-0.2, -0.15) is 6.08 Å². The molecule has 3 aromatic carbocycles. The van der Waals surface area contributed by atoms with Gasteiger partial charge < -0.3 is 14.9 Å². The summed E-state index contributed by atoms with van der Waals surface area (Å²) in [5, 5.41) is 5.39. The molecule has 0 radical (unpaired) electrons. The molecule has 0 spiro atoms. The summed E-state index contributed by atoms with van der Waals surface area (Å²) in [6.45, 7) is 0. The van der Waals surface area contributed by atoms with Crippen LogP contribution in [0.25, 0.3) is 21.5 Å². The summed E-state index contributed by atoms with van der Waals surface area (Å²) in [4.78, 5) is 0. The van der Waals surface area contributed by atoms with Gasteiger partial charge in [-0.25, -0.2) is 12.2 Å². The minimum absolute atomic E-state index is 0. The Balaban J connectivity index is 0.000000437. The van der Waals surface area contributed by atoms with Crippen LogP contribution in [0.5, 0.6) is 0 Å². The van der Waals surface area contributed by atoms with E-state index in [1.54, 1.807) is 0 Å². The fourth-order valence-electron chi connectivity index (χ4n) is 2.24. The molecule has 0 saturated heterocycles. The SMILES string of the molecule is [C-]1=CC=CC1.[CH3-].[CH3-].[Ti+4].c1ccc2c(c1)[cH-]c1ccccc12. The first kappa shape index (κ1) is 19.5. The summed E-state index contributed by atoms with van der Waals surface area (Å²) in [5.41, 5.74) is 0. The third-order valence-corrected chi connectivity index (χ3v) is 3.11. The van der Waals surface area contributed by atoms with Gasteiger partial charge >= 0.3 is 21.7 Å². The van der Waals surface area contributed by atoms with Gasteiger partial charge in [-0.1, -0.05) is 36.4 Å². The molecule has 21 heavy (non-hydrogen) atoms. The van der Waals surface area contributed by atoms with Crippen LogP contribution in [0, 0.1) is 20.9 Å². The number of hydrogen-bond acceptors (Lipinski definition) is 0. The van der Waals surface area contributed by atoms with E-state index in [-0.39, 0.29) is 36.6 Å². The molecule has 1 heteroatoms. The molecule has 1 aliphatic carbocycles. The van der Waals surface area contributed by atoms with E-state index >= 15 is 0 Å². The summed E-state index contributed by atoms with van der Waals surface area (Å²) < 4.78 is 0. The van der Waals surface area contributed by atoms with Gasteiger partial charge in [0.2, 0.25) is 0 Å². The van der Waals surface area contributed by atoms with E-state index in [0.29, 0.717) is 0 Å². The topological polar surface area (TPSA) is 0 Å². The van der Waals surface area contributed by atoms with Gasteiger partial charge in [0, 0.05) is 0 Å². The van der Waals surface area contributed by atoms with E-state index in [9.17, 15) is 0 Å². The molecule has 104 valence electrons. The van der Waals surface area contributed by atoms with E-state index in [1.165, 1.54) is 21.5 Å². The van der Waals surface area contributed by atoms with Crippen molar-refractivity contribution in [3.63, 3.8) is 0 Å². The quantitative estimate of drug-likeness (QED) is 0.357. The average molecular weight is 308 g/mol. The van der Waals surface area contributed by atoms with Crippen LogP contribution in [-0.2, 0) is 21.7 Å². The van der Waals surface area contributed by atoms with Crippen LogP contribution in [0.4, 0.5) is 0 Å². The van der Waals surface area contributed by atoms with Crippen molar-refractivity contribution in [3.05, 3.63) is 93.8 Å². The zero-order valence-electron chi connectivity index (χ0n) is 12.6. The fourth-order valence-corrected chi connectivity index (χ4v) is 2.24. The van der Waals surface area contributed by atoms with E-state index < -0.39 is 0 Å². The molecule has 1 aliphatic rings. The largest absolute Gasteiger partial charge is 4.00 e. The Morgan fingerprint density at radius 3 is 1.71 bits per heavy atom. The molecule has 0 aliphatic heterocycles. The Kier molecular flexibility index (Phi) is 8.77. The first-order valence-electron chi connectivity index (χ1n) is 6.20. The number of benzene rings is 2. The number of rotatable bonds is 0. The maximum atomic E-state index is 2.99. The van der Waals surface area contributed by atoms with Gasteiger partial charge in [0.05, 0.1) is 0 Å². The predicted octanol–water partition coefficient (Wildman–Crippen LogP) is 5.92. The normalized spacial score (nSPS) is 11.0. The molecule has 0 heterocycles. The molecule has 0 nitrogen and oxygen atoms in total. The second-order valence-electron chi connectivity index (χ2n) is 4.32. The van der Waals surface area contributed by atoms with Crippen molar-refractivity contribution < 1.29 is 21.7 Å². The molecule has 0 N–H and O–H groups in total. The van der Waals surface area contributed by atoms with Crippen LogP contribution in [0.2, 0.25) is 0 Å². The second-order valence-corrected chi connectivity index (χ2v) is 4.32. The number of fused-ring (bicyclic) bond motifs is 3. The van der Waals surface area contributed by atoms with Crippen LogP contribution < -0.4 is 0 Å². The van der Waals surface area contributed by atoms with Gasteiger partial charge in [0.15, 0.2) is 0 Å². The van der Waals surface area contributed by atoms with Gasteiger partial charge in [0.25, 0.3) is 0 Å². The van der Waals surface area contributed by atoms with E-state index in [2.05, 4.69) is 66.7 Å². The summed E-state index contributed by atoms with van der Waals surface area (Å²) >= 11 is 0. The van der Waals surface area contributed by atoms with Gasteiger partial charge in [-0.05, 0) is 0 Å². The molecule has 0 amide bonds. The van der Waals surface area contributed by atoms with Crippen molar-refractivity contribution in [2.75, 3.05) is 0 Å². The smallest absolute Gasteiger partial charge is 0.358 e. The molecule has 0 fully saturated rings. The Labute approximate surface area is 143 Å². The summed E-state index contributed by atoms with van der Waals surface area (Å²) in [6.07, 6.45) is 10.0. The maximum absolute atomic E-state index is 2.99. The minimum Gasteiger partial charge on any atom is -0.358 e. The first-order chi connectivity index (χ1) is 8.95. The van der Waals surface area contributed by atoms with Crippen molar-refractivity contribution in [2.24, 2.45) is 0 Å². The summed E-state index contributed by atoms with van der Waals surface area (Å²) in [6, 6.07) is 19.3. The average Bonchev–Trinajstić information content (AvgIpc) is 3.10. The van der Waals surface area contributed by atoms with Crippen LogP contribution in [0.3, 0.4) is 0 Å².